The Labute approximate surface area is 282 Å². The van der Waals surface area contributed by atoms with E-state index in [4.69, 9.17) is 21.3 Å². The van der Waals surface area contributed by atoms with Crippen LogP contribution in [0, 0.1) is 11.3 Å². The molecule has 0 atom stereocenters. The number of likely N-dealkylation sites (tertiary alicyclic amines) is 1. The molecule has 1 saturated heterocycles. The van der Waals surface area contributed by atoms with Gasteiger partial charge in [-0.25, -0.2) is 0 Å². The molecule has 2 N–H and O–H groups in total. The van der Waals surface area contributed by atoms with Gasteiger partial charge < -0.3 is 20.3 Å². The van der Waals surface area contributed by atoms with Crippen LogP contribution in [0.4, 0.5) is 0 Å². The average molecular weight is 643 g/mol. The van der Waals surface area contributed by atoms with Gasteiger partial charge in [-0.15, -0.1) is 0 Å². The van der Waals surface area contributed by atoms with Gasteiger partial charge in [-0.3, -0.25) is 4.98 Å². The summed E-state index contributed by atoms with van der Waals surface area (Å²) in [6.45, 7) is 18.9. The van der Waals surface area contributed by atoms with Gasteiger partial charge >= 0.3 is 0 Å². The average Bonchev–Trinajstić information content (AvgIpc) is 3.32. The third kappa shape index (κ3) is 8.79. The molecule has 46 heavy (non-hydrogen) atoms. The molecule has 0 radical (unpaired) electrons. The molecule has 0 amide bonds. The first-order valence-electron chi connectivity index (χ1n) is 17.7. The van der Waals surface area contributed by atoms with Crippen molar-refractivity contribution >= 4 is 23.8 Å². The van der Waals surface area contributed by atoms with Crippen LogP contribution in [-0.4, -0.2) is 29.5 Å². The van der Waals surface area contributed by atoms with Gasteiger partial charge in [0.1, 0.15) is 11.5 Å². The first-order chi connectivity index (χ1) is 22.3. The summed E-state index contributed by atoms with van der Waals surface area (Å²) in [4.78, 5) is 7.31. The zero-order valence-corrected chi connectivity index (χ0v) is 29.3. The Hall–Kier alpha value is -3.18. The molecule has 248 valence electrons. The summed E-state index contributed by atoms with van der Waals surface area (Å²) in [6, 6.07) is 1.97. The van der Waals surface area contributed by atoms with Crippen molar-refractivity contribution in [1.82, 2.24) is 20.5 Å². The van der Waals surface area contributed by atoms with E-state index in [1.54, 1.807) is 0 Å². The smallest absolute Gasteiger partial charge is 0.137 e. The Morgan fingerprint density at radius 2 is 1.87 bits per heavy atom. The summed E-state index contributed by atoms with van der Waals surface area (Å²) < 4.78 is 6.50. The second-order valence-corrected chi connectivity index (χ2v) is 14.2. The molecule has 0 spiro atoms. The second-order valence-electron chi connectivity index (χ2n) is 13.8. The molecule has 6 heteroatoms. The van der Waals surface area contributed by atoms with Crippen molar-refractivity contribution in [2.24, 2.45) is 11.3 Å². The van der Waals surface area contributed by atoms with E-state index in [2.05, 4.69) is 61.6 Å². The van der Waals surface area contributed by atoms with Gasteiger partial charge in [-0.05, 0) is 106 Å². The summed E-state index contributed by atoms with van der Waals surface area (Å²) in [7, 11) is 0. The summed E-state index contributed by atoms with van der Waals surface area (Å²) >= 11 is 6.64. The van der Waals surface area contributed by atoms with E-state index in [1.165, 1.54) is 81.3 Å². The minimum absolute atomic E-state index is 0.555. The third-order valence-electron chi connectivity index (χ3n) is 10.9. The maximum absolute atomic E-state index is 6.64. The van der Waals surface area contributed by atoms with Crippen LogP contribution in [0.2, 0.25) is 0 Å². The lowest BCUT2D eigenvalue weighted by molar-refractivity contribution is 0.115. The van der Waals surface area contributed by atoms with Gasteiger partial charge in [0.2, 0.25) is 0 Å². The van der Waals surface area contributed by atoms with Crippen LogP contribution >= 0.6 is 11.6 Å². The van der Waals surface area contributed by atoms with Gasteiger partial charge in [-0.1, -0.05) is 75.6 Å². The lowest BCUT2D eigenvalue weighted by Gasteiger charge is -2.42. The quantitative estimate of drug-likeness (QED) is 0.188. The number of nitrogens with one attached hydrogen (secondary N) is 2. The zero-order chi connectivity index (χ0) is 32.5. The molecule has 1 aromatic rings. The maximum Gasteiger partial charge on any atom is 0.137 e. The number of nitrogens with zero attached hydrogens (tertiary/aromatic N) is 2. The molecule has 1 saturated carbocycles. The van der Waals surface area contributed by atoms with Crippen LogP contribution in [0.3, 0.4) is 0 Å². The van der Waals surface area contributed by atoms with Gasteiger partial charge in [0.05, 0.1) is 21.9 Å². The predicted octanol–water partition coefficient (Wildman–Crippen LogP) is 8.46. The number of piperidine rings is 1. The van der Waals surface area contributed by atoms with Crippen molar-refractivity contribution in [2.45, 2.75) is 104 Å². The molecule has 3 aliphatic carbocycles. The lowest BCUT2D eigenvalue weighted by Crippen LogP contribution is -2.38. The van der Waals surface area contributed by atoms with Crippen LogP contribution in [0.1, 0.15) is 104 Å². The van der Waals surface area contributed by atoms with E-state index in [-0.39, 0.29) is 0 Å². The van der Waals surface area contributed by atoms with Crippen LogP contribution < -0.4 is 25.9 Å². The Kier molecular flexibility index (Phi) is 11.9. The molecular weight excluding hydrogens is 588 g/mol. The highest BCUT2D eigenvalue weighted by Crippen LogP contribution is 2.39. The Balaban J connectivity index is 1.16. The number of pyridine rings is 1. The lowest BCUT2D eigenvalue weighted by atomic mass is 9.74. The minimum Gasteiger partial charge on any atom is -0.461 e. The molecule has 2 fully saturated rings. The molecule has 5 rings (SSSR count). The van der Waals surface area contributed by atoms with E-state index >= 15 is 0 Å². The Bertz CT molecular complexity index is 1510. The molecule has 1 aromatic heterocycles. The van der Waals surface area contributed by atoms with Crippen molar-refractivity contribution in [1.29, 1.82) is 0 Å². The fourth-order valence-electron chi connectivity index (χ4n) is 7.01. The number of halogens is 1. The first-order valence-corrected chi connectivity index (χ1v) is 18.1. The molecule has 4 aliphatic rings. The fraction of sp³-hybridized carbons (Fsp3) is 0.525. The van der Waals surface area contributed by atoms with Gasteiger partial charge in [0.25, 0.3) is 0 Å². The Morgan fingerprint density at radius 1 is 1.09 bits per heavy atom. The van der Waals surface area contributed by atoms with Gasteiger partial charge in [0.15, 0.2) is 0 Å². The minimum atomic E-state index is 0.555. The number of ether oxygens (including phenoxy) is 1. The second kappa shape index (κ2) is 16.1. The van der Waals surface area contributed by atoms with Gasteiger partial charge in [-0.2, -0.15) is 0 Å². The van der Waals surface area contributed by atoms with Crippen molar-refractivity contribution < 1.29 is 4.74 Å². The molecule has 2 heterocycles. The number of allylic oxidation sites excluding steroid dienone is 7. The zero-order valence-electron chi connectivity index (χ0n) is 28.5. The van der Waals surface area contributed by atoms with Crippen LogP contribution in [0.25, 0.3) is 12.2 Å². The molecule has 0 aromatic carbocycles. The molecular formula is C40H55ClN4O. The number of hydrogen-bond acceptors (Lipinski definition) is 5. The maximum atomic E-state index is 6.64. The molecule has 0 bridgehead atoms. The molecule has 5 nitrogen and oxygen atoms in total. The molecule has 1 aliphatic heterocycles. The summed E-state index contributed by atoms with van der Waals surface area (Å²) in [5.41, 5.74) is 5.50. The highest BCUT2D eigenvalue weighted by atomic mass is 35.5. The number of fused-ring (bicyclic) bond motifs is 1. The predicted molar refractivity (Wildman–Crippen MR) is 194 cm³/mol. The number of rotatable bonds is 15. The van der Waals surface area contributed by atoms with Gasteiger partial charge in [0, 0.05) is 43.2 Å². The van der Waals surface area contributed by atoms with Crippen LogP contribution in [0.5, 0.6) is 5.75 Å². The Morgan fingerprint density at radius 3 is 2.59 bits per heavy atom. The van der Waals surface area contributed by atoms with Crippen molar-refractivity contribution in [3.63, 3.8) is 0 Å². The number of aromatic nitrogens is 1. The first kappa shape index (κ1) is 34.2. The van der Waals surface area contributed by atoms with Crippen molar-refractivity contribution in [3.8, 4) is 5.75 Å². The van der Waals surface area contributed by atoms with E-state index in [1.807, 2.05) is 30.5 Å². The highest BCUT2D eigenvalue weighted by molar-refractivity contribution is 6.32. The number of hydrogen-bond donors (Lipinski definition) is 2. The summed E-state index contributed by atoms with van der Waals surface area (Å²) in [5, 5.41) is 9.44. The molecule has 0 unspecified atom stereocenters. The van der Waals surface area contributed by atoms with E-state index in [0.717, 1.165) is 71.7 Å². The summed E-state index contributed by atoms with van der Waals surface area (Å²) in [6.07, 6.45) is 27.5. The standard InChI is InChI=1S/C40H55ClN4O/c1-6-40(7-2)22-25-45(26-23-40)30(4)11-8-9-14-33-27-38-35(18-15-29(33)3)39(21-24-42-38)46-34-16-19-36(41)37(20-17-34)44-31(5)43-28-32-12-10-13-32/h17-21,24,27,32,43-44H,4-16,22-23,25-26,28H2,1-3H3. The largest absolute Gasteiger partial charge is 0.461 e. The van der Waals surface area contributed by atoms with Crippen LogP contribution in [0.15, 0.2) is 82.8 Å². The van der Waals surface area contributed by atoms with Crippen LogP contribution in [-0.2, 0) is 0 Å². The SMILES string of the molecule is C=C(NCC1CCC1)NC1=CC=C(Oc2ccnc3c2=CCC(C)=C(CCCCC(=C)N2CCC(CC)(CC)CC2)C=3)CC=C1Cl. The summed E-state index contributed by atoms with van der Waals surface area (Å²) in [5.74, 6) is 3.19. The van der Waals surface area contributed by atoms with Crippen molar-refractivity contribution in [2.75, 3.05) is 19.6 Å². The highest BCUT2D eigenvalue weighted by Gasteiger charge is 2.31. The fourth-order valence-corrected chi connectivity index (χ4v) is 7.20. The van der Waals surface area contributed by atoms with E-state index in [9.17, 15) is 0 Å². The van der Waals surface area contributed by atoms with E-state index in [0.29, 0.717) is 16.9 Å². The number of unbranched alkanes of at least 4 members (excludes halogenated alkanes) is 1. The monoisotopic (exact) mass is 642 g/mol. The van der Waals surface area contributed by atoms with Crippen molar-refractivity contribution in [3.05, 3.63) is 93.4 Å². The topological polar surface area (TPSA) is 49.4 Å². The van der Waals surface area contributed by atoms with E-state index < -0.39 is 0 Å². The third-order valence-corrected chi connectivity index (χ3v) is 11.3. The normalized spacial score (nSPS) is 19.6.